The number of hydrogen-bond acceptors (Lipinski definition) is 11. The van der Waals surface area contributed by atoms with Crippen molar-refractivity contribution in [1.29, 1.82) is 0 Å². The van der Waals surface area contributed by atoms with Crippen molar-refractivity contribution in [2.24, 2.45) is 0 Å². The third-order valence-electron chi connectivity index (χ3n) is 0. The molecule has 0 amide bonds. The summed E-state index contributed by atoms with van der Waals surface area (Å²) in [6, 6.07) is 0. The first-order valence-electron chi connectivity index (χ1n) is 2.02. The van der Waals surface area contributed by atoms with Gasteiger partial charge in [-0.1, -0.05) is 0 Å². The average molecular weight is 482 g/mol. The van der Waals surface area contributed by atoms with Crippen LogP contribution in [0.4, 0.5) is 0 Å². The van der Waals surface area contributed by atoms with Gasteiger partial charge in [0.05, 0.1) is 11.4 Å². The van der Waals surface area contributed by atoms with Crippen LogP contribution in [0.3, 0.4) is 0 Å². The standard InChI is InChI=1S/7Na.4H2O3S/c;;;;;;;4*1-4(2)3/h;;;;;;;4*(H2,1,2,3)/q7*+1;;;;/p-7. The molecule has 0 aromatic rings. The molecule has 0 aromatic heterocycles. The first-order valence-corrected chi connectivity index (χ1v) is 6.05. The minimum Gasteiger partial charge on any atom is -0.784 e. The predicted octanol–water partition coefficient (Wildman–Crippen LogP) is -24.6. The summed E-state index contributed by atoms with van der Waals surface area (Å²) in [6.45, 7) is 0. The molecule has 0 fully saturated rings. The molecule has 23 heteroatoms. The molecule has 0 aliphatic rings. The monoisotopic (exact) mass is 482 g/mol. The fourth-order valence-electron chi connectivity index (χ4n) is 0. The van der Waals surface area contributed by atoms with E-state index in [1.54, 1.807) is 0 Å². The van der Waals surface area contributed by atoms with Gasteiger partial charge in [0, 0.05) is 0 Å². The second-order valence-corrected chi connectivity index (χ2v) is 2.49. The number of hydrogen-bond donors (Lipinski definition) is 1. The van der Waals surface area contributed by atoms with Crippen LogP contribution in [0.25, 0.3) is 0 Å². The van der Waals surface area contributed by atoms with E-state index >= 15 is 0 Å². The summed E-state index contributed by atoms with van der Waals surface area (Å²) in [5.41, 5.74) is 0. The summed E-state index contributed by atoms with van der Waals surface area (Å²) in [6.07, 6.45) is 0. The zero-order valence-corrected chi connectivity index (χ0v) is 30.8. The third kappa shape index (κ3) is 411. The van der Waals surface area contributed by atoms with E-state index < -0.39 is 45.4 Å². The first kappa shape index (κ1) is 69.8. The van der Waals surface area contributed by atoms with Crippen LogP contribution in [0.1, 0.15) is 0 Å². The van der Waals surface area contributed by atoms with E-state index in [2.05, 4.69) is 0 Å². The maximum atomic E-state index is 8.56. The largest absolute Gasteiger partial charge is 1.00 e. The van der Waals surface area contributed by atoms with Gasteiger partial charge < -0.3 is 36.4 Å². The molecule has 104 valence electrons. The van der Waals surface area contributed by atoms with Crippen molar-refractivity contribution in [2.45, 2.75) is 0 Å². The molecule has 0 bridgehead atoms. The van der Waals surface area contributed by atoms with Crippen LogP contribution in [0.15, 0.2) is 0 Å². The fraction of sp³-hybridized carbons (Fsp3) is 0. The summed E-state index contributed by atoms with van der Waals surface area (Å²) in [7, 11) is 0. The van der Waals surface area contributed by atoms with Gasteiger partial charge in [0.25, 0.3) is 0 Å². The van der Waals surface area contributed by atoms with Crippen molar-refractivity contribution in [3.8, 4) is 0 Å². The Kier molecular flexibility index (Phi) is 191. The third-order valence-corrected chi connectivity index (χ3v) is 0. The molecule has 0 heterocycles. The Hall–Kier alpha value is 7.28. The minimum absolute atomic E-state index is 0. The van der Waals surface area contributed by atoms with Gasteiger partial charge in [-0.25, -0.2) is 4.21 Å². The fourth-order valence-corrected chi connectivity index (χ4v) is 0. The van der Waals surface area contributed by atoms with Gasteiger partial charge in [0.2, 0.25) is 0 Å². The van der Waals surface area contributed by atoms with Gasteiger partial charge in [-0.05, 0) is 0 Å². The van der Waals surface area contributed by atoms with Gasteiger partial charge in [-0.2, -0.15) is 0 Å². The topological polar surface area (TPSA) is 250 Å². The van der Waals surface area contributed by atoms with E-state index in [1.165, 1.54) is 0 Å². The Bertz CT molecular complexity index is 173. The second-order valence-electron chi connectivity index (χ2n) is 0.829. The molecule has 0 rings (SSSR count). The number of rotatable bonds is 0. The summed E-state index contributed by atoms with van der Waals surface area (Å²) >= 11 is -12.2. The van der Waals surface area contributed by atoms with Crippen LogP contribution in [-0.4, -0.2) is 53.3 Å². The van der Waals surface area contributed by atoms with Crippen molar-refractivity contribution in [3.63, 3.8) is 0 Å². The first-order chi connectivity index (χ1) is 6.93. The van der Waals surface area contributed by atoms with Gasteiger partial charge in [-0.3, -0.25) is 12.6 Å². The Balaban J connectivity index is -0.00000000842. The molecule has 0 aliphatic carbocycles. The Morgan fingerprint density at radius 3 is 0.435 bits per heavy atom. The molecule has 23 heavy (non-hydrogen) atoms. The van der Waals surface area contributed by atoms with Crippen molar-refractivity contribution in [1.82, 2.24) is 0 Å². The Morgan fingerprint density at radius 2 is 0.435 bits per heavy atom. The summed E-state index contributed by atoms with van der Waals surface area (Å²) in [4.78, 5) is 0. The normalized spacial score (nSPS) is 7.26. The average Bonchev–Trinajstić information content (AvgIpc) is 1.76. The van der Waals surface area contributed by atoms with Gasteiger partial charge in [0.1, 0.15) is 0 Å². The summed E-state index contributed by atoms with van der Waals surface area (Å²) in [5, 5.41) is 0. The SMILES string of the molecule is O=S([O-])O.O=S([O-])[O-].O=S([O-])[O-].O=S([O-])[O-].[Na+].[Na+].[Na+].[Na+].[Na+].[Na+].[Na+]. The molecule has 1 N–H and O–H groups in total. The van der Waals surface area contributed by atoms with Gasteiger partial charge in [0.15, 0.2) is 0 Å². The van der Waals surface area contributed by atoms with Gasteiger partial charge in [-0.15, -0.1) is 34.1 Å². The molecule has 0 aromatic carbocycles. The van der Waals surface area contributed by atoms with Crippen LogP contribution in [0.2, 0.25) is 0 Å². The van der Waals surface area contributed by atoms with E-state index in [0.29, 0.717) is 0 Å². The van der Waals surface area contributed by atoms with Crippen LogP contribution in [0.5, 0.6) is 0 Å². The maximum Gasteiger partial charge on any atom is 1.00 e. The summed E-state index contributed by atoms with van der Waals surface area (Å²) < 4.78 is 100. The zero-order valence-electron chi connectivity index (χ0n) is 13.6. The molecule has 0 radical (unpaired) electrons. The molecule has 0 aliphatic heterocycles. The molecule has 12 nitrogen and oxygen atoms in total. The molecule has 0 spiro atoms. The van der Waals surface area contributed by atoms with Crippen LogP contribution in [-0.2, 0) is 45.4 Å². The molecule has 1 atom stereocenters. The smallest absolute Gasteiger partial charge is 0.784 e. The predicted molar refractivity (Wildman–Crippen MR) is 40.6 cm³/mol. The zero-order chi connectivity index (χ0) is 14.3. The Morgan fingerprint density at radius 1 is 0.435 bits per heavy atom. The van der Waals surface area contributed by atoms with Crippen LogP contribution < -0.4 is 207 Å². The van der Waals surface area contributed by atoms with Crippen LogP contribution in [0, 0.1) is 0 Å². The second kappa shape index (κ2) is 63.0. The van der Waals surface area contributed by atoms with Crippen molar-refractivity contribution in [3.05, 3.63) is 0 Å². The van der Waals surface area contributed by atoms with E-state index in [-0.39, 0.29) is 207 Å². The van der Waals surface area contributed by atoms with E-state index in [0.717, 1.165) is 0 Å². The van der Waals surface area contributed by atoms with E-state index in [1.807, 2.05) is 0 Å². The molecule has 0 saturated heterocycles. The summed E-state index contributed by atoms with van der Waals surface area (Å²) in [5.74, 6) is 0. The quantitative estimate of drug-likeness (QED) is 0.250. The van der Waals surface area contributed by atoms with E-state index in [4.69, 9.17) is 53.3 Å². The molecule has 1 unspecified atom stereocenters. The molecular weight excluding hydrogens is 481 g/mol. The van der Waals surface area contributed by atoms with Crippen molar-refractivity contribution < 1.29 is 260 Å². The Labute approximate surface area is 298 Å². The van der Waals surface area contributed by atoms with Crippen molar-refractivity contribution in [2.75, 3.05) is 0 Å². The molecule has 0 saturated carbocycles. The van der Waals surface area contributed by atoms with Gasteiger partial charge >= 0.3 is 207 Å². The van der Waals surface area contributed by atoms with Crippen LogP contribution >= 0.6 is 0 Å². The van der Waals surface area contributed by atoms with E-state index in [9.17, 15) is 0 Å². The maximum absolute atomic E-state index is 8.56. The van der Waals surface area contributed by atoms with Crippen molar-refractivity contribution >= 4 is 45.4 Å². The minimum atomic E-state index is -3.11. The molecular formula is HNa7O12S4.